The molecule has 3 heteroatoms. The highest BCUT2D eigenvalue weighted by atomic mass is 32.2. The van der Waals surface area contributed by atoms with Crippen LogP contribution in [0.3, 0.4) is 0 Å². The van der Waals surface area contributed by atoms with Gasteiger partial charge in [0.1, 0.15) is 0 Å². The average molecular weight is 386 g/mol. The summed E-state index contributed by atoms with van der Waals surface area (Å²) < 4.78 is 0. The van der Waals surface area contributed by atoms with Crippen LogP contribution in [0, 0.1) is 0 Å². The van der Waals surface area contributed by atoms with E-state index in [1.165, 1.54) is 10.5 Å². The monoisotopic (exact) mass is 385 g/mol. The lowest BCUT2D eigenvalue weighted by molar-refractivity contribution is 0.104. The van der Waals surface area contributed by atoms with Crippen LogP contribution in [0.4, 0.5) is 11.4 Å². The summed E-state index contributed by atoms with van der Waals surface area (Å²) in [5.74, 6) is 0.00774. The van der Waals surface area contributed by atoms with Crippen LogP contribution in [0.25, 0.3) is 6.08 Å². The molecule has 0 fully saturated rings. The summed E-state index contributed by atoms with van der Waals surface area (Å²) in [7, 11) is 0. The fraction of sp³-hybridized carbons (Fsp3) is 0.160. The number of para-hydroxylation sites is 1. The third kappa shape index (κ3) is 3.90. The highest BCUT2D eigenvalue weighted by Gasteiger charge is 2.16. The number of hydrogen-bond donors (Lipinski definition) is 1. The molecule has 0 amide bonds. The van der Waals surface area contributed by atoms with Crippen LogP contribution < -0.4 is 5.32 Å². The zero-order valence-corrected chi connectivity index (χ0v) is 17.1. The Balaban J connectivity index is 1.51. The number of allylic oxidation sites excluding steroid dienone is 1. The van der Waals surface area contributed by atoms with Gasteiger partial charge < -0.3 is 5.32 Å². The Labute approximate surface area is 170 Å². The summed E-state index contributed by atoms with van der Waals surface area (Å²) in [6.45, 7) is 6.59. The lowest BCUT2D eigenvalue weighted by Crippen LogP contribution is -2.10. The highest BCUT2D eigenvalue weighted by Crippen LogP contribution is 2.44. The molecule has 3 aromatic rings. The minimum Gasteiger partial charge on any atom is -0.354 e. The lowest BCUT2D eigenvalue weighted by atomic mass is 9.87. The van der Waals surface area contributed by atoms with Crippen molar-refractivity contribution in [2.24, 2.45) is 0 Å². The first-order valence-electron chi connectivity index (χ1n) is 9.41. The Kier molecular flexibility index (Phi) is 4.86. The van der Waals surface area contributed by atoms with Gasteiger partial charge >= 0.3 is 0 Å². The van der Waals surface area contributed by atoms with E-state index in [1.807, 2.05) is 36.4 Å². The Bertz CT molecular complexity index is 1060. The van der Waals surface area contributed by atoms with E-state index < -0.39 is 0 Å². The van der Waals surface area contributed by atoms with Crippen molar-refractivity contribution in [2.45, 2.75) is 36.0 Å². The van der Waals surface area contributed by atoms with E-state index >= 15 is 0 Å². The van der Waals surface area contributed by atoms with E-state index in [4.69, 9.17) is 0 Å². The summed E-state index contributed by atoms with van der Waals surface area (Å²) >= 11 is 1.72. The molecule has 1 aliphatic rings. The lowest BCUT2D eigenvalue weighted by Gasteiger charge is -2.20. The van der Waals surface area contributed by atoms with Crippen LogP contribution in [-0.4, -0.2) is 5.78 Å². The van der Waals surface area contributed by atoms with Gasteiger partial charge in [0.15, 0.2) is 5.78 Å². The molecule has 1 N–H and O–H groups in total. The van der Waals surface area contributed by atoms with Crippen LogP contribution in [0.5, 0.6) is 0 Å². The molecular weight excluding hydrogens is 362 g/mol. The number of rotatable bonds is 3. The number of hydrogen-bond acceptors (Lipinski definition) is 3. The Hall–Kier alpha value is -2.78. The quantitative estimate of drug-likeness (QED) is 0.301. The van der Waals surface area contributed by atoms with Gasteiger partial charge in [-0.2, -0.15) is 0 Å². The Morgan fingerprint density at radius 3 is 2.36 bits per heavy atom. The molecule has 0 spiro atoms. The molecule has 0 aromatic heterocycles. The normalized spacial score (nSPS) is 13.0. The molecule has 0 unspecified atom stereocenters. The second-order valence-corrected chi connectivity index (χ2v) is 9.09. The van der Waals surface area contributed by atoms with Crippen LogP contribution in [0.15, 0.2) is 82.6 Å². The number of ketones is 1. The van der Waals surface area contributed by atoms with Gasteiger partial charge in [0, 0.05) is 15.4 Å². The van der Waals surface area contributed by atoms with Crippen LogP contribution in [0.2, 0.25) is 0 Å². The second-order valence-electron chi connectivity index (χ2n) is 8.00. The number of fused-ring (bicyclic) bond motifs is 2. The SMILES string of the molecule is CC(C)(C)c1ccc(/C=C/C(=O)c2ccc3c(c2)Nc2ccccc2S3)cc1. The van der Waals surface area contributed by atoms with Gasteiger partial charge in [0.05, 0.1) is 11.4 Å². The first kappa shape index (κ1) is 18.6. The molecule has 0 radical (unpaired) electrons. The highest BCUT2D eigenvalue weighted by molar-refractivity contribution is 7.99. The molecule has 140 valence electrons. The summed E-state index contributed by atoms with van der Waals surface area (Å²) in [6, 6.07) is 22.4. The maximum atomic E-state index is 12.7. The average Bonchev–Trinajstić information content (AvgIpc) is 2.69. The molecule has 0 aliphatic carbocycles. The Morgan fingerprint density at radius 2 is 1.61 bits per heavy atom. The zero-order chi connectivity index (χ0) is 19.7. The van der Waals surface area contributed by atoms with Crippen LogP contribution in [0.1, 0.15) is 42.3 Å². The molecule has 0 saturated carbocycles. The van der Waals surface area contributed by atoms with Crippen molar-refractivity contribution in [1.82, 2.24) is 0 Å². The summed E-state index contributed by atoms with van der Waals surface area (Å²) in [5, 5.41) is 3.43. The van der Waals surface area contributed by atoms with E-state index in [2.05, 4.69) is 62.5 Å². The van der Waals surface area contributed by atoms with Crippen LogP contribution >= 0.6 is 11.8 Å². The minimum atomic E-state index is 0.00774. The molecule has 0 atom stereocenters. The second kappa shape index (κ2) is 7.33. The molecule has 1 heterocycles. The largest absolute Gasteiger partial charge is 0.354 e. The van der Waals surface area contributed by atoms with E-state index in [0.717, 1.165) is 21.8 Å². The molecule has 2 nitrogen and oxygen atoms in total. The van der Waals surface area contributed by atoms with E-state index in [0.29, 0.717) is 5.56 Å². The zero-order valence-electron chi connectivity index (χ0n) is 16.3. The topological polar surface area (TPSA) is 29.1 Å². The molecule has 4 rings (SSSR count). The van der Waals surface area contributed by atoms with E-state index in [1.54, 1.807) is 17.8 Å². The van der Waals surface area contributed by atoms with E-state index in [-0.39, 0.29) is 11.2 Å². The van der Waals surface area contributed by atoms with Crippen molar-refractivity contribution in [3.63, 3.8) is 0 Å². The summed E-state index contributed by atoms with van der Waals surface area (Å²) in [4.78, 5) is 15.0. The van der Waals surface area contributed by atoms with Crippen molar-refractivity contribution in [2.75, 3.05) is 5.32 Å². The van der Waals surface area contributed by atoms with Gasteiger partial charge in [-0.25, -0.2) is 0 Å². The number of carbonyl (C=O) groups is 1. The van der Waals surface area contributed by atoms with Crippen molar-refractivity contribution in [3.8, 4) is 0 Å². The predicted molar refractivity (Wildman–Crippen MR) is 119 cm³/mol. The smallest absolute Gasteiger partial charge is 0.185 e. The molecule has 1 aliphatic heterocycles. The summed E-state index contributed by atoms with van der Waals surface area (Å²) in [5.41, 5.74) is 5.20. The third-order valence-electron chi connectivity index (χ3n) is 4.84. The number of benzene rings is 3. The fourth-order valence-electron chi connectivity index (χ4n) is 3.15. The molecule has 3 aromatic carbocycles. The standard InChI is InChI=1S/C25H23NOS/c1-25(2,3)19-12-8-17(9-13-19)10-14-22(27)18-11-15-24-21(16-18)26-20-6-4-5-7-23(20)28-24/h4-16,26H,1-3H3/b14-10+. The van der Waals surface area contributed by atoms with Gasteiger partial charge in [-0.05, 0) is 52.9 Å². The van der Waals surface area contributed by atoms with Crippen molar-refractivity contribution >= 4 is 35.0 Å². The van der Waals surface area contributed by atoms with Gasteiger partial charge in [0.2, 0.25) is 0 Å². The van der Waals surface area contributed by atoms with Gasteiger partial charge in [-0.15, -0.1) is 0 Å². The van der Waals surface area contributed by atoms with Gasteiger partial charge in [-0.3, -0.25) is 4.79 Å². The number of carbonyl (C=O) groups excluding carboxylic acids is 1. The minimum absolute atomic E-state index is 0.00774. The molecule has 0 saturated heterocycles. The van der Waals surface area contributed by atoms with Crippen LogP contribution in [-0.2, 0) is 5.41 Å². The molecule has 0 bridgehead atoms. The number of anilines is 2. The fourth-order valence-corrected chi connectivity index (χ4v) is 4.12. The summed E-state index contributed by atoms with van der Waals surface area (Å²) in [6.07, 6.45) is 3.53. The van der Waals surface area contributed by atoms with Crippen molar-refractivity contribution in [3.05, 3.63) is 89.5 Å². The van der Waals surface area contributed by atoms with E-state index in [9.17, 15) is 4.79 Å². The maximum absolute atomic E-state index is 12.7. The van der Waals surface area contributed by atoms with Gasteiger partial charge in [-0.1, -0.05) is 75.0 Å². The van der Waals surface area contributed by atoms with Gasteiger partial charge in [0.25, 0.3) is 0 Å². The molecule has 28 heavy (non-hydrogen) atoms. The van der Waals surface area contributed by atoms with Crippen molar-refractivity contribution < 1.29 is 4.79 Å². The maximum Gasteiger partial charge on any atom is 0.185 e. The predicted octanol–water partition coefficient (Wildman–Crippen LogP) is 7.09. The molecular formula is C25H23NOS. The third-order valence-corrected chi connectivity index (χ3v) is 6.00. The van der Waals surface area contributed by atoms with Crippen molar-refractivity contribution in [1.29, 1.82) is 0 Å². The first-order valence-corrected chi connectivity index (χ1v) is 10.2. The first-order chi connectivity index (χ1) is 13.4. The Morgan fingerprint density at radius 1 is 0.893 bits per heavy atom. The number of nitrogens with one attached hydrogen (secondary N) is 1.